The lowest BCUT2D eigenvalue weighted by Crippen LogP contribution is -2.17. The Morgan fingerprint density at radius 3 is 3.00 bits per heavy atom. The summed E-state index contributed by atoms with van der Waals surface area (Å²) in [5.41, 5.74) is 0.875. The van der Waals surface area contributed by atoms with Gasteiger partial charge in [0.05, 0.1) is 17.2 Å². The molecule has 1 N–H and O–H groups in total. The summed E-state index contributed by atoms with van der Waals surface area (Å²) < 4.78 is 12.8. The molecule has 13 heavy (non-hydrogen) atoms. The van der Waals surface area contributed by atoms with Gasteiger partial charge in [0.15, 0.2) is 0 Å². The van der Waals surface area contributed by atoms with Gasteiger partial charge in [0, 0.05) is 6.20 Å². The van der Waals surface area contributed by atoms with Crippen molar-refractivity contribution in [3.63, 3.8) is 0 Å². The lowest BCUT2D eigenvalue weighted by molar-refractivity contribution is 0.605. The first-order valence-electron chi connectivity index (χ1n) is 4.15. The number of nitrogens with zero attached hydrogens (tertiary/aromatic N) is 1. The first-order chi connectivity index (χ1) is 6.25. The molecule has 1 aromatic rings. The number of aromatic nitrogens is 1. The van der Waals surface area contributed by atoms with E-state index >= 15 is 0 Å². The summed E-state index contributed by atoms with van der Waals surface area (Å²) in [6, 6.07) is 1.65. The van der Waals surface area contributed by atoms with Crippen LogP contribution < -0.4 is 5.32 Å². The fourth-order valence-electron chi connectivity index (χ4n) is 1.48. The highest BCUT2D eigenvalue weighted by molar-refractivity contribution is 7.80. The Labute approximate surface area is 81.2 Å². The standard InChI is InChI=1S/C9H9FN2S/c10-7-3-6(4-11-5-7)8-1-2-9(13)12-8/h3-5,8H,1-2H2,(H,12,13). The molecule has 2 heterocycles. The van der Waals surface area contributed by atoms with Gasteiger partial charge in [-0.2, -0.15) is 0 Å². The molecule has 1 atom stereocenters. The van der Waals surface area contributed by atoms with Gasteiger partial charge in [0.2, 0.25) is 0 Å². The van der Waals surface area contributed by atoms with Crippen LogP contribution in [0.5, 0.6) is 0 Å². The lowest BCUT2D eigenvalue weighted by Gasteiger charge is -2.09. The molecule has 2 rings (SSSR count). The predicted molar refractivity (Wildman–Crippen MR) is 51.9 cm³/mol. The Balaban J connectivity index is 2.21. The normalized spacial score (nSPS) is 21.6. The van der Waals surface area contributed by atoms with Gasteiger partial charge >= 0.3 is 0 Å². The van der Waals surface area contributed by atoms with Crippen molar-refractivity contribution >= 4 is 17.2 Å². The Kier molecular flexibility index (Phi) is 2.22. The highest BCUT2D eigenvalue weighted by atomic mass is 32.1. The van der Waals surface area contributed by atoms with Crippen molar-refractivity contribution in [1.29, 1.82) is 0 Å². The summed E-state index contributed by atoms with van der Waals surface area (Å²) in [5, 5.41) is 3.12. The van der Waals surface area contributed by atoms with Crippen molar-refractivity contribution in [2.24, 2.45) is 0 Å². The van der Waals surface area contributed by atoms with Crippen LogP contribution in [-0.2, 0) is 0 Å². The van der Waals surface area contributed by atoms with Crippen LogP contribution in [0.2, 0.25) is 0 Å². The van der Waals surface area contributed by atoms with Crippen LogP contribution in [0.3, 0.4) is 0 Å². The fraction of sp³-hybridized carbons (Fsp3) is 0.333. The van der Waals surface area contributed by atoms with E-state index in [1.165, 1.54) is 12.3 Å². The maximum Gasteiger partial charge on any atom is 0.141 e. The van der Waals surface area contributed by atoms with E-state index in [2.05, 4.69) is 10.3 Å². The zero-order chi connectivity index (χ0) is 9.26. The van der Waals surface area contributed by atoms with Crippen molar-refractivity contribution in [2.45, 2.75) is 18.9 Å². The van der Waals surface area contributed by atoms with Crippen LogP contribution >= 0.6 is 12.2 Å². The van der Waals surface area contributed by atoms with Gasteiger partial charge < -0.3 is 5.32 Å². The average Bonchev–Trinajstić information content (AvgIpc) is 2.52. The molecule has 1 aromatic heterocycles. The number of nitrogens with one attached hydrogen (secondary N) is 1. The minimum absolute atomic E-state index is 0.149. The molecule has 1 aliphatic heterocycles. The van der Waals surface area contributed by atoms with E-state index in [9.17, 15) is 4.39 Å². The number of thiocarbonyl (C=S) groups is 1. The summed E-state index contributed by atoms with van der Waals surface area (Å²) in [7, 11) is 0. The van der Waals surface area contributed by atoms with Gasteiger partial charge in [0.25, 0.3) is 0 Å². The van der Waals surface area contributed by atoms with Crippen LogP contribution in [0.4, 0.5) is 4.39 Å². The maximum atomic E-state index is 12.8. The SMILES string of the molecule is Fc1cncc(C2CCC(=S)N2)c1. The molecule has 0 amide bonds. The van der Waals surface area contributed by atoms with E-state index in [1.807, 2.05) is 0 Å². The van der Waals surface area contributed by atoms with E-state index in [-0.39, 0.29) is 11.9 Å². The zero-order valence-corrected chi connectivity index (χ0v) is 7.77. The molecule has 0 saturated carbocycles. The van der Waals surface area contributed by atoms with E-state index in [0.29, 0.717) is 0 Å². The molecule has 1 fully saturated rings. The third-order valence-electron chi connectivity index (χ3n) is 2.12. The van der Waals surface area contributed by atoms with Crippen molar-refractivity contribution < 1.29 is 4.39 Å². The second kappa shape index (κ2) is 3.38. The Morgan fingerprint density at radius 2 is 2.38 bits per heavy atom. The Morgan fingerprint density at radius 1 is 1.54 bits per heavy atom. The molecule has 1 aliphatic rings. The molecule has 1 unspecified atom stereocenters. The molecule has 4 heteroatoms. The van der Waals surface area contributed by atoms with Gasteiger partial charge in [-0.05, 0) is 24.5 Å². The largest absolute Gasteiger partial charge is 0.373 e. The Bertz CT molecular complexity index is 340. The van der Waals surface area contributed by atoms with E-state index in [4.69, 9.17) is 12.2 Å². The highest BCUT2D eigenvalue weighted by Crippen LogP contribution is 2.23. The third-order valence-corrected chi connectivity index (χ3v) is 2.45. The summed E-state index contributed by atoms with van der Waals surface area (Å²) in [4.78, 5) is 4.65. The number of halogens is 1. The summed E-state index contributed by atoms with van der Waals surface area (Å²) >= 11 is 5.00. The molecule has 68 valence electrons. The maximum absolute atomic E-state index is 12.8. The zero-order valence-electron chi connectivity index (χ0n) is 6.96. The number of hydrogen-bond acceptors (Lipinski definition) is 2. The van der Waals surface area contributed by atoms with Crippen molar-refractivity contribution in [3.8, 4) is 0 Å². The van der Waals surface area contributed by atoms with Crippen molar-refractivity contribution in [1.82, 2.24) is 10.3 Å². The van der Waals surface area contributed by atoms with Crippen LogP contribution in [0.15, 0.2) is 18.5 Å². The van der Waals surface area contributed by atoms with Crippen molar-refractivity contribution in [3.05, 3.63) is 29.8 Å². The highest BCUT2D eigenvalue weighted by Gasteiger charge is 2.19. The number of rotatable bonds is 1. The second-order valence-electron chi connectivity index (χ2n) is 3.10. The van der Waals surface area contributed by atoms with E-state index < -0.39 is 0 Å². The monoisotopic (exact) mass is 196 g/mol. The van der Waals surface area contributed by atoms with Crippen molar-refractivity contribution in [2.75, 3.05) is 0 Å². The molecule has 0 spiro atoms. The van der Waals surface area contributed by atoms with Gasteiger partial charge in [-0.15, -0.1) is 0 Å². The van der Waals surface area contributed by atoms with Crippen LogP contribution in [0, 0.1) is 5.82 Å². The van der Waals surface area contributed by atoms with Crippen LogP contribution in [-0.4, -0.2) is 9.97 Å². The third kappa shape index (κ3) is 1.83. The Hall–Kier alpha value is -1.03. The lowest BCUT2D eigenvalue weighted by atomic mass is 10.1. The summed E-state index contributed by atoms with van der Waals surface area (Å²) in [5.74, 6) is -0.294. The number of hydrogen-bond donors (Lipinski definition) is 1. The molecule has 2 nitrogen and oxygen atoms in total. The first kappa shape index (κ1) is 8.56. The molecule has 1 saturated heterocycles. The summed E-state index contributed by atoms with van der Waals surface area (Å²) in [6.07, 6.45) is 4.70. The fourth-order valence-corrected chi connectivity index (χ4v) is 1.74. The van der Waals surface area contributed by atoms with E-state index in [1.54, 1.807) is 6.20 Å². The average molecular weight is 196 g/mol. The van der Waals surface area contributed by atoms with Gasteiger partial charge in [0.1, 0.15) is 5.82 Å². The quantitative estimate of drug-likeness (QED) is 0.695. The number of pyridine rings is 1. The summed E-state index contributed by atoms with van der Waals surface area (Å²) in [6.45, 7) is 0. The molecule has 0 aliphatic carbocycles. The minimum Gasteiger partial charge on any atom is -0.373 e. The first-order valence-corrected chi connectivity index (χ1v) is 4.56. The smallest absolute Gasteiger partial charge is 0.141 e. The molecule has 0 bridgehead atoms. The van der Waals surface area contributed by atoms with Gasteiger partial charge in [-0.1, -0.05) is 12.2 Å². The van der Waals surface area contributed by atoms with Crippen LogP contribution in [0.25, 0.3) is 0 Å². The van der Waals surface area contributed by atoms with Gasteiger partial charge in [-0.25, -0.2) is 4.39 Å². The molecule has 0 aromatic carbocycles. The molecular weight excluding hydrogens is 187 g/mol. The minimum atomic E-state index is -0.294. The van der Waals surface area contributed by atoms with E-state index in [0.717, 1.165) is 23.4 Å². The second-order valence-corrected chi connectivity index (χ2v) is 3.59. The van der Waals surface area contributed by atoms with Gasteiger partial charge in [-0.3, -0.25) is 4.98 Å². The predicted octanol–water partition coefficient (Wildman–Crippen LogP) is 1.97. The molecular formula is C9H9FN2S. The topological polar surface area (TPSA) is 24.9 Å². The molecule has 0 radical (unpaired) electrons. The van der Waals surface area contributed by atoms with Crippen LogP contribution in [0.1, 0.15) is 24.4 Å².